The highest BCUT2D eigenvalue weighted by atomic mass is 16.4. The minimum atomic E-state index is -1.31. The fourth-order valence-corrected chi connectivity index (χ4v) is 0.798. The van der Waals surface area contributed by atoms with Crippen LogP contribution in [0.4, 0.5) is 4.79 Å². The van der Waals surface area contributed by atoms with Crippen molar-refractivity contribution in [1.82, 2.24) is 5.32 Å². The summed E-state index contributed by atoms with van der Waals surface area (Å²) in [7, 11) is 0. The van der Waals surface area contributed by atoms with Gasteiger partial charge in [-0.15, -0.1) is 0 Å². The van der Waals surface area contributed by atoms with Crippen LogP contribution in [0.5, 0.6) is 0 Å². The second-order valence-electron chi connectivity index (χ2n) is 2.64. The molecule has 0 aromatic rings. The van der Waals surface area contributed by atoms with E-state index in [-0.39, 0.29) is 6.42 Å². The van der Waals surface area contributed by atoms with E-state index in [2.05, 4.69) is 5.32 Å². The summed E-state index contributed by atoms with van der Waals surface area (Å²) in [6.45, 7) is 0.404. The summed E-state index contributed by atoms with van der Waals surface area (Å²) < 4.78 is 0. The smallest absolute Gasteiger partial charge is 0.332 e. The molecular formula is C7H14N2O4. The van der Waals surface area contributed by atoms with Crippen LogP contribution in [0.25, 0.3) is 0 Å². The number of amides is 2. The zero-order chi connectivity index (χ0) is 10.3. The summed E-state index contributed by atoms with van der Waals surface area (Å²) in [5, 5.41) is 19.5. The van der Waals surface area contributed by atoms with Gasteiger partial charge in [0, 0.05) is 6.54 Å². The van der Waals surface area contributed by atoms with E-state index in [0.29, 0.717) is 19.4 Å². The van der Waals surface area contributed by atoms with E-state index in [0.717, 1.165) is 0 Å². The molecule has 6 nitrogen and oxygen atoms in total. The zero-order valence-electron chi connectivity index (χ0n) is 7.19. The molecule has 1 unspecified atom stereocenters. The Morgan fingerprint density at radius 2 is 2.00 bits per heavy atom. The number of aliphatic hydroxyl groups is 1. The van der Waals surface area contributed by atoms with Crippen LogP contribution in [0.3, 0.4) is 0 Å². The lowest BCUT2D eigenvalue weighted by Gasteiger charge is -2.04. The standard InChI is InChI=1S/C7H14N2O4/c8-7(13)9-4-2-1-3-5(10)6(11)12/h5,10H,1-4H2,(H,11,12)(H3,8,9,13). The van der Waals surface area contributed by atoms with Crippen LogP contribution in [0, 0.1) is 0 Å². The molecule has 0 saturated carbocycles. The summed E-state index contributed by atoms with van der Waals surface area (Å²) in [6, 6.07) is -0.598. The molecule has 0 aromatic carbocycles. The predicted octanol–water partition coefficient (Wildman–Crippen LogP) is -0.730. The number of nitrogens with one attached hydrogen (secondary N) is 1. The van der Waals surface area contributed by atoms with Gasteiger partial charge in [-0.2, -0.15) is 0 Å². The molecule has 0 rings (SSSR count). The summed E-state index contributed by atoms with van der Waals surface area (Å²) in [4.78, 5) is 20.3. The van der Waals surface area contributed by atoms with Crippen LogP contribution < -0.4 is 11.1 Å². The number of carbonyl (C=O) groups excluding carboxylic acids is 1. The lowest BCUT2D eigenvalue weighted by molar-refractivity contribution is -0.146. The van der Waals surface area contributed by atoms with Crippen LogP contribution in [0.15, 0.2) is 0 Å². The molecule has 1 atom stereocenters. The molecule has 0 aliphatic carbocycles. The van der Waals surface area contributed by atoms with Gasteiger partial charge >= 0.3 is 12.0 Å². The Balaban J connectivity index is 3.26. The molecule has 0 saturated heterocycles. The molecule has 76 valence electrons. The van der Waals surface area contributed by atoms with Gasteiger partial charge in [0.1, 0.15) is 0 Å². The molecule has 0 radical (unpaired) electrons. The van der Waals surface area contributed by atoms with Crippen molar-refractivity contribution >= 4 is 12.0 Å². The molecule has 0 aromatic heterocycles. The maximum atomic E-state index is 10.2. The maximum Gasteiger partial charge on any atom is 0.332 e. The quantitative estimate of drug-likeness (QED) is 0.413. The first-order valence-electron chi connectivity index (χ1n) is 3.98. The molecule has 0 aliphatic rings. The van der Waals surface area contributed by atoms with E-state index in [1.54, 1.807) is 0 Å². The van der Waals surface area contributed by atoms with Gasteiger partial charge in [0.15, 0.2) is 6.10 Å². The van der Waals surface area contributed by atoms with Crippen LogP contribution in [0.2, 0.25) is 0 Å². The van der Waals surface area contributed by atoms with Crippen molar-refractivity contribution in [2.75, 3.05) is 6.54 Å². The summed E-state index contributed by atoms with van der Waals surface area (Å²) in [6.07, 6.45) is 0.0187. The zero-order valence-corrected chi connectivity index (χ0v) is 7.19. The van der Waals surface area contributed by atoms with E-state index in [1.807, 2.05) is 0 Å². The number of carbonyl (C=O) groups is 2. The Bertz CT molecular complexity index is 183. The highest BCUT2D eigenvalue weighted by molar-refractivity contribution is 5.72. The molecule has 0 aliphatic heterocycles. The molecule has 13 heavy (non-hydrogen) atoms. The first-order valence-corrected chi connectivity index (χ1v) is 3.98. The molecule has 0 fully saturated rings. The van der Waals surface area contributed by atoms with Gasteiger partial charge in [-0.05, 0) is 19.3 Å². The fraction of sp³-hybridized carbons (Fsp3) is 0.714. The van der Waals surface area contributed by atoms with Crippen molar-refractivity contribution in [3.63, 3.8) is 0 Å². The fourth-order valence-electron chi connectivity index (χ4n) is 0.798. The molecular weight excluding hydrogens is 176 g/mol. The number of carboxylic acid groups (broad SMARTS) is 1. The minimum absolute atomic E-state index is 0.190. The highest BCUT2D eigenvalue weighted by Gasteiger charge is 2.11. The second kappa shape index (κ2) is 6.24. The number of aliphatic hydroxyl groups excluding tert-OH is 1. The van der Waals surface area contributed by atoms with E-state index in [1.165, 1.54) is 0 Å². The third kappa shape index (κ3) is 7.07. The van der Waals surface area contributed by atoms with Crippen molar-refractivity contribution in [3.8, 4) is 0 Å². The summed E-state index contributed by atoms with van der Waals surface area (Å²) in [5.74, 6) is -1.22. The van der Waals surface area contributed by atoms with Gasteiger partial charge in [0.05, 0.1) is 0 Å². The van der Waals surface area contributed by atoms with Crippen molar-refractivity contribution in [1.29, 1.82) is 0 Å². The molecule has 5 N–H and O–H groups in total. The van der Waals surface area contributed by atoms with Gasteiger partial charge in [-0.1, -0.05) is 0 Å². The number of primary amides is 1. The molecule has 0 bridgehead atoms. The van der Waals surface area contributed by atoms with Gasteiger partial charge in [0.25, 0.3) is 0 Å². The van der Waals surface area contributed by atoms with E-state index in [4.69, 9.17) is 15.9 Å². The van der Waals surface area contributed by atoms with Crippen LogP contribution >= 0.6 is 0 Å². The van der Waals surface area contributed by atoms with Crippen molar-refractivity contribution in [2.45, 2.75) is 25.4 Å². The molecule has 0 spiro atoms. The Morgan fingerprint density at radius 1 is 1.38 bits per heavy atom. The van der Waals surface area contributed by atoms with Crippen LogP contribution in [0.1, 0.15) is 19.3 Å². The number of hydrogen-bond donors (Lipinski definition) is 4. The lowest BCUT2D eigenvalue weighted by atomic mass is 10.1. The van der Waals surface area contributed by atoms with Crippen molar-refractivity contribution in [3.05, 3.63) is 0 Å². The van der Waals surface area contributed by atoms with Crippen LogP contribution in [-0.4, -0.2) is 34.9 Å². The number of hydrogen-bond acceptors (Lipinski definition) is 3. The Kier molecular flexibility index (Phi) is 5.62. The number of nitrogens with two attached hydrogens (primary N) is 1. The number of unbranched alkanes of at least 4 members (excludes halogenated alkanes) is 1. The topological polar surface area (TPSA) is 113 Å². The third-order valence-corrected chi connectivity index (χ3v) is 1.49. The minimum Gasteiger partial charge on any atom is -0.479 e. The average Bonchev–Trinajstić information content (AvgIpc) is 2.02. The Hall–Kier alpha value is -1.30. The van der Waals surface area contributed by atoms with Crippen LogP contribution in [-0.2, 0) is 4.79 Å². The lowest BCUT2D eigenvalue weighted by Crippen LogP contribution is -2.30. The number of aliphatic carboxylic acids is 1. The first-order chi connectivity index (χ1) is 6.04. The SMILES string of the molecule is NC(=O)NCCCCC(O)C(=O)O. The maximum absolute atomic E-state index is 10.2. The van der Waals surface area contributed by atoms with E-state index in [9.17, 15) is 9.59 Å². The largest absolute Gasteiger partial charge is 0.479 e. The predicted molar refractivity (Wildman–Crippen MR) is 45.1 cm³/mol. The average molecular weight is 190 g/mol. The Morgan fingerprint density at radius 3 is 2.46 bits per heavy atom. The highest BCUT2D eigenvalue weighted by Crippen LogP contribution is 1.99. The van der Waals surface area contributed by atoms with Crippen molar-refractivity contribution in [2.24, 2.45) is 5.73 Å². The van der Waals surface area contributed by atoms with E-state index >= 15 is 0 Å². The molecule has 0 heterocycles. The second-order valence-corrected chi connectivity index (χ2v) is 2.64. The number of rotatable bonds is 6. The number of urea groups is 1. The monoisotopic (exact) mass is 190 g/mol. The normalized spacial score (nSPS) is 12.1. The molecule has 6 heteroatoms. The van der Waals surface area contributed by atoms with Crippen molar-refractivity contribution < 1.29 is 19.8 Å². The van der Waals surface area contributed by atoms with Gasteiger partial charge in [-0.25, -0.2) is 9.59 Å². The summed E-state index contributed by atoms with van der Waals surface area (Å²) in [5.41, 5.74) is 4.79. The Labute approximate surface area is 75.7 Å². The molecule has 2 amide bonds. The van der Waals surface area contributed by atoms with E-state index < -0.39 is 18.1 Å². The summed E-state index contributed by atoms with van der Waals surface area (Å²) >= 11 is 0. The first kappa shape index (κ1) is 11.7. The number of carboxylic acids is 1. The van der Waals surface area contributed by atoms with Gasteiger partial charge < -0.3 is 21.3 Å². The van der Waals surface area contributed by atoms with Gasteiger partial charge in [-0.3, -0.25) is 0 Å². The van der Waals surface area contributed by atoms with Gasteiger partial charge in [0.2, 0.25) is 0 Å². The third-order valence-electron chi connectivity index (χ3n) is 1.49.